The van der Waals surface area contributed by atoms with Crippen molar-refractivity contribution < 1.29 is 4.79 Å². The van der Waals surface area contributed by atoms with E-state index in [-0.39, 0.29) is 11.2 Å². The van der Waals surface area contributed by atoms with E-state index in [2.05, 4.69) is 50.8 Å². The van der Waals surface area contributed by atoms with Gasteiger partial charge in [0.15, 0.2) is 0 Å². The maximum atomic E-state index is 11.1. The van der Waals surface area contributed by atoms with Crippen molar-refractivity contribution in [3.63, 3.8) is 0 Å². The highest BCUT2D eigenvalue weighted by atomic mass is 16.1. The predicted molar refractivity (Wildman–Crippen MR) is 76.9 cm³/mol. The third kappa shape index (κ3) is 4.26. The molecule has 18 heavy (non-hydrogen) atoms. The predicted octanol–water partition coefficient (Wildman–Crippen LogP) is 3.31. The summed E-state index contributed by atoms with van der Waals surface area (Å²) in [4.78, 5) is 13.1. The number of hydrogen-bond acceptors (Lipinski definition) is 2. The zero-order valence-corrected chi connectivity index (χ0v) is 12.5. The molecule has 2 nitrogen and oxygen atoms in total. The minimum Gasteiger partial charge on any atom is -0.299 e. The van der Waals surface area contributed by atoms with Gasteiger partial charge in [-0.1, -0.05) is 39.0 Å². The van der Waals surface area contributed by atoms with Gasteiger partial charge in [0.1, 0.15) is 5.78 Å². The summed E-state index contributed by atoms with van der Waals surface area (Å²) in [6.07, 6.45) is 0. The molecular formula is C16H25NO. The molecule has 1 aromatic carbocycles. The number of nitrogens with zero attached hydrogens (tertiary/aromatic N) is 1. The van der Waals surface area contributed by atoms with E-state index in [1.165, 1.54) is 16.7 Å². The normalized spacial score (nSPS) is 11.9. The van der Waals surface area contributed by atoms with Crippen LogP contribution in [0.15, 0.2) is 18.2 Å². The largest absolute Gasteiger partial charge is 0.299 e. The quantitative estimate of drug-likeness (QED) is 0.813. The highest BCUT2D eigenvalue weighted by Crippen LogP contribution is 2.24. The molecule has 2 heteroatoms. The van der Waals surface area contributed by atoms with E-state index in [9.17, 15) is 4.79 Å². The molecule has 0 saturated carbocycles. The number of Topliss-reactive ketones (excluding diaryl/α,β-unsaturated/α-hetero) is 1. The van der Waals surface area contributed by atoms with Crippen LogP contribution in [0.5, 0.6) is 0 Å². The molecule has 0 heterocycles. The highest BCUT2D eigenvalue weighted by Gasteiger charge is 2.14. The van der Waals surface area contributed by atoms with Gasteiger partial charge in [-0.2, -0.15) is 0 Å². The van der Waals surface area contributed by atoms with Gasteiger partial charge in [-0.15, -0.1) is 0 Å². The Balaban J connectivity index is 2.83. The van der Waals surface area contributed by atoms with Crippen molar-refractivity contribution in [2.45, 2.75) is 46.6 Å². The molecule has 0 spiro atoms. The van der Waals surface area contributed by atoms with E-state index >= 15 is 0 Å². The van der Waals surface area contributed by atoms with E-state index in [1.54, 1.807) is 6.92 Å². The molecule has 0 atom stereocenters. The van der Waals surface area contributed by atoms with Crippen molar-refractivity contribution >= 4 is 5.78 Å². The Hall–Kier alpha value is -1.15. The lowest BCUT2D eigenvalue weighted by molar-refractivity contribution is -0.117. The smallest absolute Gasteiger partial charge is 0.143 e. The molecule has 100 valence electrons. The fraction of sp³-hybridized carbons (Fsp3) is 0.562. The van der Waals surface area contributed by atoms with Gasteiger partial charge in [-0.3, -0.25) is 9.69 Å². The average molecular weight is 247 g/mol. The molecule has 0 aliphatic rings. The lowest BCUT2D eigenvalue weighted by atomic mass is 9.85. The standard InChI is InChI=1S/C16H25NO/c1-12-9-15(16(3,4)5)8-7-14(12)11-17(6)10-13(2)18/h7-9H,10-11H2,1-6H3. The van der Waals surface area contributed by atoms with Crippen molar-refractivity contribution in [2.75, 3.05) is 13.6 Å². The summed E-state index contributed by atoms with van der Waals surface area (Å²) in [5.74, 6) is 0.210. The molecule has 0 unspecified atom stereocenters. The maximum absolute atomic E-state index is 11.1. The minimum absolute atomic E-state index is 0.189. The topological polar surface area (TPSA) is 20.3 Å². The van der Waals surface area contributed by atoms with E-state index in [4.69, 9.17) is 0 Å². The summed E-state index contributed by atoms with van der Waals surface area (Å²) in [6, 6.07) is 6.65. The molecule has 0 bridgehead atoms. The summed E-state index contributed by atoms with van der Waals surface area (Å²) in [7, 11) is 1.98. The second-order valence-corrected chi connectivity index (χ2v) is 6.27. The van der Waals surface area contributed by atoms with Crippen LogP contribution in [0.25, 0.3) is 0 Å². The lowest BCUT2D eigenvalue weighted by Crippen LogP contribution is -2.24. The van der Waals surface area contributed by atoms with Crippen LogP contribution in [0.1, 0.15) is 44.4 Å². The van der Waals surface area contributed by atoms with Crippen LogP contribution in [0, 0.1) is 6.92 Å². The summed E-state index contributed by atoms with van der Waals surface area (Å²) in [5.41, 5.74) is 4.15. The van der Waals surface area contributed by atoms with E-state index in [0.29, 0.717) is 6.54 Å². The number of benzene rings is 1. The van der Waals surface area contributed by atoms with Crippen LogP contribution < -0.4 is 0 Å². The SMILES string of the molecule is CC(=O)CN(C)Cc1ccc(C(C)(C)C)cc1C. The van der Waals surface area contributed by atoms with Gasteiger partial charge in [-0.25, -0.2) is 0 Å². The van der Waals surface area contributed by atoms with Gasteiger partial charge in [0.2, 0.25) is 0 Å². The van der Waals surface area contributed by atoms with Crippen molar-refractivity contribution in [3.05, 3.63) is 34.9 Å². The van der Waals surface area contributed by atoms with Gasteiger partial charge in [0.25, 0.3) is 0 Å². The van der Waals surface area contributed by atoms with E-state index in [0.717, 1.165) is 6.54 Å². The van der Waals surface area contributed by atoms with E-state index < -0.39 is 0 Å². The maximum Gasteiger partial charge on any atom is 0.143 e. The van der Waals surface area contributed by atoms with Gasteiger partial charge in [0, 0.05) is 6.54 Å². The molecule has 0 aliphatic carbocycles. The molecule has 0 fully saturated rings. The Morgan fingerprint density at radius 2 is 1.89 bits per heavy atom. The third-order valence-corrected chi connectivity index (χ3v) is 3.14. The van der Waals surface area contributed by atoms with Crippen LogP contribution in [-0.4, -0.2) is 24.3 Å². The zero-order chi connectivity index (χ0) is 13.9. The number of ketones is 1. The fourth-order valence-corrected chi connectivity index (χ4v) is 2.07. The molecule has 0 aliphatic heterocycles. The third-order valence-electron chi connectivity index (χ3n) is 3.14. The van der Waals surface area contributed by atoms with Crippen LogP contribution in [0.3, 0.4) is 0 Å². The molecule has 0 aromatic heterocycles. The summed E-state index contributed by atoms with van der Waals surface area (Å²) < 4.78 is 0. The van der Waals surface area contributed by atoms with Crippen LogP contribution in [0.2, 0.25) is 0 Å². The summed E-state index contributed by atoms with van der Waals surface area (Å²) >= 11 is 0. The highest BCUT2D eigenvalue weighted by molar-refractivity contribution is 5.77. The van der Waals surface area contributed by atoms with Gasteiger partial charge in [-0.05, 0) is 43.0 Å². The number of rotatable bonds is 4. The average Bonchev–Trinajstić information content (AvgIpc) is 2.18. The van der Waals surface area contributed by atoms with Crippen LogP contribution in [-0.2, 0) is 16.8 Å². The Bertz CT molecular complexity index is 429. The molecule has 0 radical (unpaired) electrons. The first-order valence-electron chi connectivity index (χ1n) is 6.48. The molecule has 0 saturated heterocycles. The van der Waals surface area contributed by atoms with Gasteiger partial charge in [0.05, 0.1) is 6.54 Å². The first-order chi connectivity index (χ1) is 8.20. The molecular weight excluding hydrogens is 222 g/mol. The summed E-state index contributed by atoms with van der Waals surface area (Å²) in [6.45, 7) is 11.8. The zero-order valence-electron chi connectivity index (χ0n) is 12.5. The second kappa shape index (κ2) is 5.66. The Morgan fingerprint density at radius 1 is 1.28 bits per heavy atom. The molecule has 1 rings (SSSR count). The van der Waals surface area contributed by atoms with Crippen molar-refractivity contribution in [2.24, 2.45) is 0 Å². The van der Waals surface area contributed by atoms with Gasteiger partial charge >= 0.3 is 0 Å². The van der Waals surface area contributed by atoms with Crippen LogP contribution in [0.4, 0.5) is 0 Å². The minimum atomic E-state index is 0.189. The lowest BCUT2D eigenvalue weighted by Gasteiger charge is -2.22. The fourth-order valence-electron chi connectivity index (χ4n) is 2.07. The first-order valence-corrected chi connectivity index (χ1v) is 6.48. The van der Waals surface area contributed by atoms with Crippen molar-refractivity contribution in [1.29, 1.82) is 0 Å². The first kappa shape index (κ1) is 14.9. The number of carbonyl (C=O) groups excluding carboxylic acids is 1. The van der Waals surface area contributed by atoms with Crippen LogP contribution >= 0.6 is 0 Å². The second-order valence-electron chi connectivity index (χ2n) is 6.27. The Labute approximate surface area is 111 Å². The molecule has 1 aromatic rings. The Kier molecular flexibility index (Phi) is 4.69. The summed E-state index contributed by atoms with van der Waals surface area (Å²) in [5, 5.41) is 0. The van der Waals surface area contributed by atoms with E-state index in [1.807, 2.05) is 7.05 Å². The van der Waals surface area contributed by atoms with Crippen molar-refractivity contribution in [1.82, 2.24) is 4.90 Å². The monoisotopic (exact) mass is 247 g/mol. The number of carbonyl (C=O) groups is 1. The Morgan fingerprint density at radius 3 is 2.33 bits per heavy atom. The molecule has 0 amide bonds. The number of hydrogen-bond donors (Lipinski definition) is 0. The van der Waals surface area contributed by atoms with Crippen molar-refractivity contribution in [3.8, 4) is 0 Å². The van der Waals surface area contributed by atoms with Gasteiger partial charge < -0.3 is 0 Å². The molecule has 0 N–H and O–H groups in total. The number of aryl methyl sites for hydroxylation is 1. The number of likely N-dealkylation sites (N-methyl/N-ethyl adjacent to an activating group) is 1.